The molecule has 0 aromatic heterocycles. The second-order valence-corrected chi connectivity index (χ2v) is 5.79. The first-order valence-electron chi connectivity index (χ1n) is 5.06. The Kier molecular flexibility index (Phi) is 3.74. The Labute approximate surface area is 91.2 Å². The number of unbranched alkanes of at least 4 members (excludes halogenated alkanes) is 1. The number of rotatable bonds is 4. The lowest BCUT2D eigenvalue weighted by Crippen LogP contribution is -2.09. The fraction of sp³-hybridized carbons (Fsp3) is 0.455. The van der Waals surface area contributed by atoms with Crippen molar-refractivity contribution in [1.29, 1.82) is 0 Å². The van der Waals surface area contributed by atoms with Crippen LogP contribution in [0.1, 0.15) is 25.3 Å². The minimum Gasteiger partial charge on any atom is -0.398 e. The van der Waals surface area contributed by atoms with E-state index in [1.165, 1.54) is 0 Å². The monoisotopic (exact) mass is 227 g/mol. The second-order valence-electron chi connectivity index (χ2n) is 3.71. The normalized spacial score (nSPS) is 11.6. The van der Waals surface area contributed by atoms with Crippen molar-refractivity contribution in [3.05, 3.63) is 23.8 Å². The summed E-state index contributed by atoms with van der Waals surface area (Å²) in [5.74, 6) is 0.177. The lowest BCUT2D eigenvalue weighted by molar-refractivity contribution is 0.593. The second kappa shape index (κ2) is 4.66. The lowest BCUT2D eigenvalue weighted by atomic mass is 10.2. The Morgan fingerprint density at radius 2 is 2.00 bits per heavy atom. The molecule has 0 aliphatic rings. The Hall–Kier alpha value is -1.03. The molecule has 0 bridgehead atoms. The molecular weight excluding hydrogens is 210 g/mol. The molecule has 1 aromatic rings. The van der Waals surface area contributed by atoms with Gasteiger partial charge in [0.1, 0.15) is 0 Å². The number of nitrogen functional groups attached to an aromatic ring is 1. The summed E-state index contributed by atoms with van der Waals surface area (Å²) in [6.45, 7) is 3.85. The maximum absolute atomic E-state index is 11.8. The van der Waals surface area contributed by atoms with Gasteiger partial charge in [0.2, 0.25) is 0 Å². The van der Waals surface area contributed by atoms with E-state index in [1.54, 1.807) is 18.2 Å². The Balaban J connectivity index is 3.05. The molecule has 0 fully saturated rings. The number of hydrogen-bond acceptors (Lipinski definition) is 3. The van der Waals surface area contributed by atoms with E-state index in [0.717, 1.165) is 12.0 Å². The van der Waals surface area contributed by atoms with Crippen LogP contribution in [-0.4, -0.2) is 14.2 Å². The van der Waals surface area contributed by atoms with Crippen molar-refractivity contribution in [2.75, 3.05) is 11.5 Å². The van der Waals surface area contributed by atoms with Crippen LogP contribution in [0.25, 0.3) is 0 Å². The molecule has 0 saturated heterocycles. The van der Waals surface area contributed by atoms with Crippen molar-refractivity contribution in [1.82, 2.24) is 0 Å². The number of sulfone groups is 1. The van der Waals surface area contributed by atoms with Crippen molar-refractivity contribution in [3.8, 4) is 0 Å². The standard InChI is InChI=1S/C11H17NO2S/c1-3-4-7-15(13,14)11-6-5-9(2)8-10(11)12/h5-6,8H,3-4,7,12H2,1-2H3. The van der Waals surface area contributed by atoms with E-state index >= 15 is 0 Å². The fourth-order valence-electron chi connectivity index (χ4n) is 1.40. The van der Waals surface area contributed by atoms with Gasteiger partial charge >= 0.3 is 0 Å². The first-order chi connectivity index (χ1) is 6.97. The molecule has 0 amide bonds. The van der Waals surface area contributed by atoms with Gasteiger partial charge in [-0.15, -0.1) is 0 Å². The van der Waals surface area contributed by atoms with Crippen LogP contribution in [0.3, 0.4) is 0 Å². The van der Waals surface area contributed by atoms with Gasteiger partial charge in [-0.05, 0) is 31.0 Å². The molecule has 0 aliphatic carbocycles. The molecule has 0 atom stereocenters. The van der Waals surface area contributed by atoms with Gasteiger partial charge in [0.15, 0.2) is 9.84 Å². The molecule has 84 valence electrons. The zero-order valence-corrected chi connectivity index (χ0v) is 9.97. The van der Waals surface area contributed by atoms with Crippen LogP contribution in [0.15, 0.2) is 23.1 Å². The van der Waals surface area contributed by atoms with E-state index in [0.29, 0.717) is 12.1 Å². The fourth-order valence-corrected chi connectivity index (χ4v) is 2.98. The van der Waals surface area contributed by atoms with Gasteiger partial charge in [0.05, 0.1) is 16.3 Å². The SMILES string of the molecule is CCCCS(=O)(=O)c1ccc(C)cc1N. The van der Waals surface area contributed by atoms with Crippen molar-refractivity contribution in [3.63, 3.8) is 0 Å². The van der Waals surface area contributed by atoms with Crippen LogP contribution in [0.2, 0.25) is 0 Å². The van der Waals surface area contributed by atoms with E-state index < -0.39 is 9.84 Å². The largest absolute Gasteiger partial charge is 0.398 e. The molecule has 1 aromatic carbocycles. The molecule has 0 spiro atoms. The van der Waals surface area contributed by atoms with Crippen molar-refractivity contribution in [2.45, 2.75) is 31.6 Å². The maximum atomic E-state index is 11.8. The number of hydrogen-bond donors (Lipinski definition) is 1. The van der Waals surface area contributed by atoms with Crippen molar-refractivity contribution < 1.29 is 8.42 Å². The molecule has 0 unspecified atom stereocenters. The highest BCUT2D eigenvalue weighted by Crippen LogP contribution is 2.21. The van der Waals surface area contributed by atoms with Gasteiger partial charge in [0, 0.05) is 0 Å². The van der Waals surface area contributed by atoms with E-state index in [2.05, 4.69) is 0 Å². The minimum absolute atomic E-state index is 0.177. The topological polar surface area (TPSA) is 60.2 Å². The molecule has 0 aliphatic heterocycles. The van der Waals surface area contributed by atoms with E-state index in [9.17, 15) is 8.42 Å². The summed E-state index contributed by atoms with van der Waals surface area (Å²) in [4.78, 5) is 0.265. The van der Waals surface area contributed by atoms with Crippen LogP contribution >= 0.6 is 0 Å². The highest BCUT2D eigenvalue weighted by Gasteiger charge is 2.16. The summed E-state index contributed by atoms with van der Waals surface area (Å²) in [7, 11) is -3.19. The van der Waals surface area contributed by atoms with Crippen LogP contribution in [0.5, 0.6) is 0 Å². The zero-order chi connectivity index (χ0) is 11.5. The smallest absolute Gasteiger partial charge is 0.180 e. The molecule has 1 rings (SSSR count). The quantitative estimate of drug-likeness (QED) is 0.802. The lowest BCUT2D eigenvalue weighted by Gasteiger charge is -2.07. The van der Waals surface area contributed by atoms with Crippen LogP contribution in [0, 0.1) is 6.92 Å². The zero-order valence-electron chi connectivity index (χ0n) is 9.16. The third-order valence-corrected chi connectivity index (χ3v) is 4.14. The summed E-state index contributed by atoms with van der Waals surface area (Å²) in [6.07, 6.45) is 1.54. The predicted molar refractivity (Wildman–Crippen MR) is 62.6 cm³/mol. The van der Waals surface area contributed by atoms with E-state index in [-0.39, 0.29) is 10.6 Å². The molecule has 3 nitrogen and oxygen atoms in total. The summed E-state index contributed by atoms with van der Waals surface area (Å²) >= 11 is 0. The van der Waals surface area contributed by atoms with Gasteiger partial charge in [-0.1, -0.05) is 19.4 Å². The molecule has 2 N–H and O–H groups in total. The van der Waals surface area contributed by atoms with Crippen LogP contribution in [-0.2, 0) is 9.84 Å². The molecule has 0 heterocycles. The first kappa shape index (κ1) is 12.0. The highest BCUT2D eigenvalue weighted by molar-refractivity contribution is 7.91. The molecule has 0 saturated carbocycles. The maximum Gasteiger partial charge on any atom is 0.180 e. The average Bonchev–Trinajstić information content (AvgIpc) is 2.14. The number of anilines is 1. The number of benzene rings is 1. The highest BCUT2D eigenvalue weighted by atomic mass is 32.2. The van der Waals surface area contributed by atoms with Crippen molar-refractivity contribution >= 4 is 15.5 Å². The average molecular weight is 227 g/mol. The Morgan fingerprint density at radius 1 is 1.33 bits per heavy atom. The Bertz CT molecular complexity index is 438. The predicted octanol–water partition coefficient (Wildman–Crippen LogP) is 2.15. The molecule has 4 heteroatoms. The van der Waals surface area contributed by atoms with E-state index in [4.69, 9.17) is 5.73 Å². The van der Waals surface area contributed by atoms with E-state index in [1.807, 2.05) is 13.8 Å². The van der Waals surface area contributed by atoms with Crippen LogP contribution < -0.4 is 5.73 Å². The van der Waals surface area contributed by atoms with Gasteiger partial charge in [-0.3, -0.25) is 0 Å². The minimum atomic E-state index is -3.19. The summed E-state index contributed by atoms with van der Waals surface area (Å²) < 4.78 is 23.7. The number of nitrogens with two attached hydrogens (primary N) is 1. The first-order valence-corrected chi connectivity index (χ1v) is 6.71. The van der Waals surface area contributed by atoms with Gasteiger partial charge in [-0.2, -0.15) is 0 Å². The summed E-state index contributed by atoms with van der Waals surface area (Å²) in [6, 6.07) is 5.06. The summed E-state index contributed by atoms with van der Waals surface area (Å²) in [5, 5.41) is 0. The molecule has 0 radical (unpaired) electrons. The number of aryl methyl sites for hydroxylation is 1. The van der Waals surface area contributed by atoms with Gasteiger partial charge in [-0.25, -0.2) is 8.42 Å². The van der Waals surface area contributed by atoms with Crippen LogP contribution in [0.4, 0.5) is 5.69 Å². The third kappa shape index (κ3) is 2.96. The van der Waals surface area contributed by atoms with Gasteiger partial charge < -0.3 is 5.73 Å². The molecular formula is C11H17NO2S. The summed E-state index contributed by atoms with van der Waals surface area (Å²) in [5.41, 5.74) is 7.03. The van der Waals surface area contributed by atoms with Crippen molar-refractivity contribution in [2.24, 2.45) is 0 Å². The molecule has 15 heavy (non-hydrogen) atoms. The Morgan fingerprint density at radius 3 is 2.53 bits per heavy atom. The van der Waals surface area contributed by atoms with Gasteiger partial charge in [0.25, 0.3) is 0 Å². The third-order valence-electron chi connectivity index (χ3n) is 2.27.